The van der Waals surface area contributed by atoms with Crippen LogP contribution in [0.1, 0.15) is 12.6 Å². The highest BCUT2D eigenvalue weighted by Gasteiger charge is 2.35. The molecule has 186 valence electrons. The predicted octanol–water partition coefficient (Wildman–Crippen LogP) is 3.48. The van der Waals surface area contributed by atoms with Crippen LogP contribution in [-0.4, -0.2) is 33.3 Å². The van der Waals surface area contributed by atoms with Crippen molar-refractivity contribution in [2.24, 2.45) is 7.05 Å². The molecule has 0 spiro atoms. The zero-order chi connectivity index (χ0) is 26.1. The molecule has 3 aromatic rings. The van der Waals surface area contributed by atoms with Crippen molar-refractivity contribution in [1.29, 1.82) is 0 Å². The first-order chi connectivity index (χ1) is 16.3. The molecular weight excluding hydrogens is 502 g/mol. The van der Waals surface area contributed by atoms with Gasteiger partial charge in [-0.1, -0.05) is 17.7 Å². The van der Waals surface area contributed by atoms with Crippen LogP contribution in [0.3, 0.4) is 0 Å². The number of hydrogen-bond acceptors (Lipinski definition) is 7. The number of esters is 1. The minimum atomic E-state index is -4.98. The molecule has 35 heavy (non-hydrogen) atoms. The molecule has 0 aliphatic rings. The van der Waals surface area contributed by atoms with E-state index >= 15 is 0 Å². The number of halogens is 5. The third-order valence-electron chi connectivity index (χ3n) is 4.60. The van der Waals surface area contributed by atoms with Crippen molar-refractivity contribution in [2.45, 2.75) is 19.2 Å². The number of pyridine rings is 1. The van der Waals surface area contributed by atoms with Gasteiger partial charge >= 0.3 is 17.8 Å². The van der Waals surface area contributed by atoms with E-state index in [1.807, 2.05) is 0 Å². The summed E-state index contributed by atoms with van der Waals surface area (Å²) >= 11 is 6.01. The number of benzene rings is 1. The normalized spacial score (nSPS) is 12.2. The first-order valence-electron chi connectivity index (χ1n) is 9.62. The SMILES string of the molecule is COC(=O)C(C)Oc1cccc(Oc2cc(-n3c(=O)cc(C(F)(F)F)n(C)c3=O)c(F)cc2Cl)n1. The van der Waals surface area contributed by atoms with Gasteiger partial charge in [0.1, 0.15) is 17.3 Å². The van der Waals surface area contributed by atoms with E-state index in [-0.39, 0.29) is 37.7 Å². The van der Waals surface area contributed by atoms with Gasteiger partial charge in [0.05, 0.1) is 17.8 Å². The molecule has 9 nitrogen and oxygen atoms in total. The molecule has 0 aliphatic carbocycles. The number of carbonyl (C=O) groups excluding carboxylic acids is 1. The van der Waals surface area contributed by atoms with Crippen LogP contribution in [0.4, 0.5) is 17.6 Å². The van der Waals surface area contributed by atoms with Gasteiger partial charge in [-0.2, -0.15) is 18.2 Å². The van der Waals surface area contributed by atoms with Crippen LogP contribution < -0.4 is 20.7 Å². The van der Waals surface area contributed by atoms with E-state index in [0.717, 1.165) is 19.2 Å². The summed E-state index contributed by atoms with van der Waals surface area (Å²) in [5, 5.41) is -0.293. The van der Waals surface area contributed by atoms with E-state index in [2.05, 4.69) is 9.72 Å². The molecule has 3 rings (SSSR count). The average molecular weight is 518 g/mol. The molecule has 0 radical (unpaired) electrons. The van der Waals surface area contributed by atoms with E-state index in [0.29, 0.717) is 0 Å². The van der Waals surface area contributed by atoms with Gasteiger partial charge in [-0.15, -0.1) is 0 Å². The van der Waals surface area contributed by atoms with Crippen LogP contribution in [0.5, 0.6) is 17.5 Å². The molecule has 0 N–H and O–H groups in total. The molecule has 1 atom stereocenters. The van der Waals surface area contributed by atoms with Crippen molar-refractivity contribution in [3.8, 4) is 23.2 Å². The lowest BCUT2D eigenvalue weighted by Crippen LogP contribution is -2.41. The summed E-state index contributed by atoms with van der Waals surface area (Å²) in [6, 6.07) is 5.97. The second-order valence-electron chi connectivity index (χ2n) is 6.98. The van der Waals surface area contributed by atoms with Crippen LogP contribution in [0.2, 0.25) is 5.02 Å². The molecule has 0 amide bonds. The van der Waals surface area contributed by atoms with Crippen molar-refractivity contribution in [3.63, 3.8) is 0 Å². The van der Waals surface area contributed by atoms with Crippen LogP contribution in [-0.2, 0) is 22.8 Å². The predicted molar refractivity (Wildman–Crippen MR) is 114 cm³/mol. The van der Waals surface area contributed by atoms with E-state index in [9.17, 15) is 31.9 Å². The summed E-state index contributed by atoms with van der Waals surface area (Å²) in [4.78, 5) is 40.4. The highest BCUT2D eigenvalue weighted by molar-refractivity contribution is 6.32. The molecule has 1 aromatic carbocycles. The molecular formula is C21H16ClF4N3O6. The van der Waals surface area contributed by atoms with Crippen LogP contribution in [0, 0.1) is 5.82 Å². The van der Waals surface area contributed by atoms with E-state index in [1.165, 1.54) is 32.2 Å². The Kier molecular flexibility index (Phi) is 7.19. The highest BCUT2D eigenvalue weighted by Crippen LogP contribution is 2.33. The first kappa shape index (κ1) is 25.7. The molecule has 0 saturated heterocycles. The van der Waals surface area contributed by atoms with Gasteiger partial charge in [0.15, 0.2) is 6.10 Å². The maximum atomic E-state index is 14.6. The largest absolute Gasteiger partial charge is 0.466 e. The molecule has 1 unspecified atom stereocenters. The smallest absolute Gasteiger partial charge is 0.431 e. The fraction of sp³-hybridized carbons (Fsp3) is 0.238. The summed E-state index contributed by atoms with van der Waals surface area (Å²) in [6.07, 6.45) is -5.98. The van der Waals surface area contributed by atoms with Crippen LogP contribution in [0.25, 0.3) is 5.69 Å². The Balaban J connectivity index is 2.03. The van der Waals surface area contributed by atoms with Crippen molar-refractivity contribution in [1.82, 2.24) is 14.1 Å². The number of hydrogen-bond donors (Lipinski definition) is 0. The number of aromatic nitrogens is 3. The Morgan fingerprint density at radius 2 is 1.80 bits per heavy atom. The molecule has 0 saturated carbocycles. The standard InChI is InChI=1S/C21H16ClF4N3O6/c1-10(19(31)33-3)34-16-5-4-6-17(27-16)35-14-8-13(12(23)7-11(14)22)29-18(30)9-15(21(24,25)26)28(2)20(29)32/h4-10H,1-3H3. The Morgan fingerprint density at radius 3 is 2.43 bits per heavy atom. The second-order valence-corrected chi connectivity index (χ2v) is 7.38. The van der Waals surface area contributed by atoms with Gasteiger partial charge < -0.3 is 14.2 Å². The monoisotopic (exact) mass is 517 g/mol. The number of alkyl halides is 3. The topological polar surface area (TPSA) is 102 Å². The van der Waals surface area contributed by atoms with Gasteiger partial charge in [-0.05, 0) is 13.0 Å². The Bertz CT molecular complexity index is 1400. The zero-order valence-corrected chi connectivity index (χ0v) is 19.0. The first-order valence-corrected chi connectivity index (χ1v) is 10.0. The number of ether oxygens (including phenoxy) is 3. The van der Waals surface area contributed by atoms with Crippen LogP contribution >= 0.6 is 11.6 Å². The highest BCUT2D eigenvalue weighted by atomic mass is 35.5. The molecule has 14 heteroatoms. The van der Waals surface area contributed by atoms with E-state index < -0.39 is 46.7 Å². The summed E-state index contributed by atoms with van der Waals surface area (Å²) in [5.74, 6) is -2.27. The third kappa shape index (κ3) is 5.45. The lowest BCUT2D eigenvalue weighted by atomic mass is 10.2. The fourth-order valence-corrected chi connectivity index (χ4v) is 3.10. The van der Waals surface area contributed by atoms with Crippen molar-refractivity contribution in [3.05, 3.63) is 73.8 Å². The Labute approximate surface area is 199 Å². The van der Waals surface area contributed by atoms with Gasteiger partial charge in [0, 0.05) is 31.3 Å². The summed E-state index contributed by atoms with van der Waals surface area (Å²) in [7, 11) is 1.97. The maximum absolute atomic E-state index is 14.6. The average Bonchev–Trinajstić information content (AvgIpc) is 2.78. The van der Waals surface area contributed by atoms with Crippen molar-refractivity contribution < 1.29 is 36.6 Å². The van der Waals surface area contributed by atoms with Crippen molar-refractivity contribution in [2.75, 3.05) is 7.11 Å². The summed E-state index contributed by atoms with van der Waals surface area (Å²) < 4.78 is 69.7. The van der Waals surface area contributed by atoms with Crippen LogP contribution in [0.15, 0.2) is 46.0 Å². The van der Waals surface area contributed by atoms with E-state index in [1.54, 1.807) is 0 Å². The van der Waals surface area contributed by atoms with Gasteiger partial charge in [-0.25, -0.2) is 18.5 Å². The fourth-order valence-electron chi connectivity index (χ4n) is 2.91. The molecule has 0 fully saturated rings. The maximum Gasteiger partial charge on any atom is 0.431 e. The number of methoxy groups -OCH3 is 1. The molecule has 0 aliphatic heterocycles. The summed E-state index contributed by atoms with van der Waals surface area (Å²) in [6.45, 7) is 1.42. The summed E-state index contributed by atoms with van der Waals surface area (Å²) in [5.41, 5.74) is -5.06. The quantitative estimate of drug-likeness (QED) is 0.364. The van der Waals surface area contributed by atoms with Gasteiger partial charge in [-0.3, -0.25) is 9.36 Å². The number of carbonyl (C=O) groups is 1. The number of nitrogens with zero attached hydrogens (tertiary/aromatic N) is 3. The third-order valence-corrected chi connectivity index (χ3v) is 4.89. The molecule has 2 aromatic heterocycles. The minimum Gasteiger partial charge on any atom is -0.466 e. The van der Waals surface area contributed by atoms with Crippen molar-refractivity contribution >= 4 is 17.6 Å². The molecule has 2 heterocycles. The van der Waals surface area contributed by atoms with Gasteiger partial charge in [0.2, 0.25) is 11.8 Å². The lowest BCUT2D eigenvalue weighted by molar-refractivity contribution is -0.148. The Morgan fingerprint density at radius 1 is 1.14 bits per heavy atom. The second kappa shape index (κ2) is 9.78. The number of rotatable bonds is 6. The van der Waals surface area contributed by atoms with Gasteiger partial charge in [0.25, 0.3) is 5.56 Å². The zero-order valence-electron chi connectivity index (χ0n) is 18.2. The molecule has 0 bridgehead atoms. The Hall–Kier alpha value is -3.87. The van der Waals surface area contributed by atoms with E-state index in [4.69, 9.17) is 21.1 Å². The minimum absolute atomic E-state index is 0.0355. The lowest BCUT2D eigenvalue weighted by Gasteiger charge is -2.16.